The Hall–Kier alpha value is -3.91. The maximum atomic E-state index is 12.8. The summed E-state index contributed by atoms with van der Waals surface area (Å²) < 4.78 is 4.68. The zero-order valence-corrected chi connectivity index (χ0v) is 15.3. The van der Waals surface area contributed by atoms with Gasteiger partial charge in [0.2, 0.25) is 0 Å². The summed E-state index contributed by atoms with van der Waals surface area (Å²) in [6, 6.07) is 21.9. The molecule has 0 N–H and O–H groups in total. The molecular formula is C23H18N2O3. The number of anilines is 1. The summed E-state index contributed by atoms with van der Waals surface area (Å²) in [6.45, 7) is 0.230. The smallest absolute Gasteiger partial charge is 0.339 e. The first kappa shape index (κ1) is 18.9. The molecule has 138 valence electrons. The lowest BCUT2D eigenvalue weighted by Crippen LogP contribution is -2.29. The minimum absolute atomic E-state index is 0.230. The number of ether oxygens (including phenoxy) is 1. The van der Waals surface area contributed by atoms with E-state index in [1.54, 1.807) is 17.0 Å². The van der Waals surface area contributed by atoms with Crippen molar-refractivity contribution in [1.29, 1.82) is 0 Å². The van der Waals surface area contributed by atoms with Gasteiger partial charge in [0, 0.05) is 23.4 Å². The van der Waals surface area contributed by atoms with E-state index < -0.39 is 5.97 Å². The Morgan fingerprint density at radius 1 is 0.964 bits per heavy atom. The molecule has 0 unspecified atom stereocenters. The normalized spacial score (nSPS) is 9.75. The quantitative estimate of drug-likeness (QED) is 0.521. The first-order valence-corrected chi connectivity index (χ1v) is 8.64. The van der Waals surface area contributed by atoms with E-state index in [9.17, 15) is 9.59 Å². The zero-order valence-electron chi connectivity index (χ0n) is 15.3. The highest BCUT2D eigenvalue weighted by Gasteiger charge is 2.15. The van der Waals surface area contributed by atoms with Gasteiger partial charge in [0.1, 0.15) is 0 Å². The van der Waals surface area contributed by atoms with Gasteiger partial charge in [-0.1, -0.05) is 42.3 Å². The second kappa shape index (κ2) is 9.15. The molecule has 3 rings (SSSR count). The van der Waals surface area contributed by atoms with Gasteiger partial charge in [-0.25, -0.2) is 4.79 Å². The van der Waals surface area contributed by atoms with Crippen LogP contribution in [0.4, 0.5) is 5.69 Å². The van der Waals surface area contributed by atoms with Crippen molar-refractivity contribution in [2.75, 3.05) is 12.0 Å². The Bertz CT molecular complexity index is 1000. The molecule has 0 radical (unpaired) electrons. The van der Waals surface area contributed by atoms with E-state index in [2.05, 4.69) is 21.6 Å². The number of methoxy groups -OCH3 is 1. The fourth-order valence-corrected chi connectivity index (χ4v) is 2.52. The maximum absolute atomic E-state index is 12.8. The number of carbonyl (C=O) groups excluding carboxylic acids is 2. The summed E-state index contributed by atoms with van der Waals surface area (Å²) in [7, 11) is 1.32. The molecule has 0 aliphatic carbocycles. The number of nitrogens with zero attached hydrogens (tertiary/aromatic N) is 2. The summed E-state index contributed by atoms with van der Waals surface area (Å²) in [6.07, 6.45) is 1.43. The highest BCUT2D eigenvalue weighted by molar-refractivity contribution is 6.06. The van der Waals surface area contributed by atoms with E-state index in [1.165, 1.54) is 13.3 Å². The zero-order chi connectivity index (χ0) is 19.8. The molecule has 0 aliphatic rings. The summed E-state index contributed by atoms with van der Waals surface area (Å²) in [5, 5.41) is 0. The average molecular weight is 370 g/mol. The molecule has 5 heteroatoms. The SMILES string of the molecule is COC(=O)c1ccc(CN(C(=O)C#Cc2ccccc2)c2ccccc2)nc1. The summed E-state index contributed by atoms with van der Waals surface area (Å²) in [5.41, 5.74) is 2.47. The number of carbonyl (C=O) groups is 2. The fourth-order valence-electron chi connectivity index (χ4n) is 2.52. The van der Waals surface area contributed by atoms with Crippen molar-refractivity contribution in [3.05, 3.63) is 95.8 Å². The van der Waals surface area contributed by atoms with Gasteiger partial charge in [-0.05, 0) is 36.4 Å². The summed E-state index contributed by atoms with van der Waals surface area (Å²) in [5.74, 6) is 4.79. The molecule has 2 aromatic carbocycles. The second-order valence-corrected chi connectivity index (χ2v) is 5.87. The molecular weight excluding hydrogens is 352 g/mol. The molecule has 1 amide bonds. The largest absolute Gasteiger partial charge is 0.465 e. The molecule has 0 spiro atoms. The third-order valence-corrected chi connectivity index (χ3v) is 3.97. The predicted octanol–water partition coefficient (Wildman–Crippen LogP) is 3.45. The van der Waals surface area contributed by atoms with Crippen LogP contribution in [-0.4, -0.2) is 24.0 Å². The van der Waals surface area contributed by atoms with Crippen LogP contribution in [0.15, 0.2) is 79.0 Å². The maximum Gasteiger partial charge on any atom is 0.339 e. The Balaban J connectivity index is 1.85. The van der Waals surface area contributed by atoms with Crippen LogP contribution in [0.1, 0.15) is 21.6 Å². The van der Waals surface area contributed by atoms with Crippen molar-refractivity contribution in [3.8, 4) is 11.8 Å². The minimum atomic E-state index is -0.455. The van der Waals surface area contributed by atoms with Crippen molar-refractivity contribution in [3.63, 3.8) is 0 Å². The Morgan fingerprint density at radius 3 is 2.25 bits per heavy atom. The van der Waals surface area contributed by atoms with Crippen molar-refractivity contribution < 1.29 is 14.3 Å². The molecule has 0 fully saturated rings. The predicted molar refractivity (Wildman–Crippen MR) is 107 cm³/mol. The van der Waals surface area contributed by atoms with Crippen molar-refractivity contribution >= 4 is 17.6 Å². The first-order chi connectivity index (χ1) is 13.7. The number of para-hydroxylation sites is 1. The van der Waals surface area contributed by atoms with E-state index in [0.29, 0.717) is 16.9 Å². The highest BCUT2D eigenvalue weighted by Crippen LogP contribution is 2.16. The van der Waals surface area contributed by atoms with Gasteiger partial charge in [-0.2, -0.15) is 0 Å². The van der Waals surface area contributed by atoms with Gasteiger partial charge in [-0.3, -0.25) is 14.7 Å². The molecule has 0 atom stereocenters. The number of hydrogen-bond donors (Lipinski definition) is 0. The third-order valence-electron chi connectivity index (χ3n) is 3.97. The molecule has 0 saturated heterocycles. The molecule has 3 aromatic rings. The molecule has 0 aliphatic heterocycles. The van der Waals surface area contributed by atoms with Crippen LogP contribution < -0.4 is 4.90 Å². The second-order valence-electron chi connectivity index (χ2n) is 5.87. The van der Waals surface area contributed by atoms with Gasteiger partial charge in [0.05, 0.1) is 24.9 Å². The van der Waals surface area contributed by atoms with E-state index in [4.69, 9.17) is 0 Å². The van der Waals surface area contributed by atoms with Gasteiger partial charge in [0.25, 0.3) is 0 Å². The molecule has 28 heavy (non-hydrogen) atoms. The molecule has 5 nitrogen and oxygen atoms in total. The van der Waals surface area contributed by atoms with Gasteiger partial charge in [-0.15, -0.1) is 0 Å². The number of rotatable bonds is 4. The standard InChI is InChI=1S/C23H18N2O3/c1-28-23(27)19-13-14-20(24-16-19)17-25(21-10-6-3-7-11-21)22(26)15-12-18-8-4-2-5-9-18/h2-11,13-14,16H,17H2,1H3. The van der Waals surface area contributed by atoms with Crippen LogP contribution >= 0.6 is 0 Å². The van der Waals surface area contributed by atoms with Gasteiger partial charge < -0.3 is 4.74 Å². The lowest BCUT2D eigenvalue weighted by Gasteiger charge is -2.20. The van der Waals surface area contributed by atoms with Crippen LogP contribution in [-0.2, 0) is 16.1 Å². The van der Waals surface area contributed by atoms with E-state index in [0.717, 1.165) is 5.56 Å². The van der Waals surface area contributed by atoms with Crippen LogP contribution in [0.5, 0.6) is 0 Å². The van der Waals surface area contributed by atoms with Crippen LogP contribution in [0.2, 0.25) is 0 Å². The van der Waals surface area contributed by atoms with Crippen molar-refractivity contribution in [2.45, 2.75) is 6.54 Å². The number of esters is 1. The lowest BCUT2D eigenvalue weighted by molar-refractivity contribution is -0.113. The summed E-state index contributed by atoms with van der Waals surface area (Å²) >= 11 is 0. The van der Waals surface area contributed by atoms with Gasteiger partial charge in [0.15, 0.2) is 0 Å². The summed E-state index contributed by atoms with van der Waals surface area (Å²) in [4.78, 5) is 30.2. The van der Waals surface area contributed by atoms with Crippen LogP contribution in [0.25, 0.3) is 0 Å². The van der Waals surface area contributed by atoms with E-state index in [-0.39, 0.29) is 12.5 Å². The van der Waals surface area contributed by atoms with Gasteiger partial charge >= 0.3 is 11.9 Å². The Morgan fingerprint density at radius 2 is 1.64 bits per heavy atom. The Kier molecular flexibility index (Phi) is 6.17. The number of pyridine rings is 1. The molecule has 1 heterocycles. The molecule has 0 bridgehead atoms. The third kappa shape index (κ3) is 4.83. The fraction of sp³-hybridized carbons (Fsp3) is 0.0870. The number of benzene rings is 2. The number of amides is 1. The van der Waals surface area contributed by atoms with E-state index in [1.807, 2.05) is 60.7 Å². The van der Waals surface area contributed by atoms with E-state index >= 15 is 0 Å². The van der Waals surface area contributed by atoms with Crippen molar-refractivity contribution in [2.24, 2.45) is 0 Å². The number of hydrogen-bond acceptors (Lipinski definition) is 4. The van der Waals surface area contributed by atoms with Crippen molar-refractivity contribution in [1.82, 2.24) is 4.98 Å². The number of aromatic nitrogens is 1. The van der Waals surface area contributed by atoms with Crippen LogP contribution in [0, 0.1) is 11.8 Å². The van der Waals surface area contributed by atoms with Crippen LogP contribution in [0.3, 0.4) is 0 Å². The minimum Gasteiger partial charge on any atom is -0.465 e. The topological polar surface area (TPSA) is 59.5 Å². The monoisotopic (exact) mass is 370 g/mol. The lowest BCUT2D eigenvalue weighted by atomic mass is 10.2. The molecule has 0 saturated carbocycles. The highest BCUT2D eigenvalue weighted by atomic mass is 16.5. The Labute approximate surface area is 163 Å². The molecule has 1 aromatic heterocycles. The average Bonchev–Trinajstić information content (AvgIpc) is 2.77. The first-order valence-electron chi connectivity index (χ1n) is 8.64.